The van der Waals surface area contributed by atoms with E-state index < -0.39 is 11.8 Å². The third kappa shape index (κ3) is 4.20. The Bertz CT molecular complexity index is 1020. The Kier molecular flexibility index (Phi) is 6.81. The molecule has 8 heteroatoms. The number of carbonyl (C=O) groups excluding carboxylic acids is 2. The van der Waals surface area contributed by atoms with Crippen LogP contribution in [0.4, 0.5) is 5.69 Å². The first-order valence-electron chi connectivity index (χ1n) is 9.87. The summed E-state index contributed by atoms with van der Waals surface area (Å²) in [5, 5.41) is 9.41. The van der Waals surface area contributed by atoms with Crippen LogP contribution in [0.25, 0.3) is 5.57 Å². The lowest BCUT2D eigenvalue weighted by Gasteiger charge is -2.20. The molecule has 8 nitrogen and oxygen atoms in total. The van der Waals surface area contributed by atoms with Gasteiger partial charge in [0.15, 0.2) is 11.5 Å². The fourth-order valence-corrected chi connectivity index (χ4v) is 3.50. The zero-order chi connectivity index (χ0) is 22.5. The van der Waals surface area contributed by atoms with Crippen molar-refractivity contribution < 1.29 is 28.9 Å². The molecule has 0 fully saturated rings. The fraction of sp³-hybridized carbons (Fsp3) is 0.304. The number of hydrogen-bond acceptors (Lipinski definition) is 7. The number of aliphatic hydroxyl groups is 1. The lowest BCUT2D eigenvalue weighted by molar-refractivity contribution is -0.120. The van der Waals surface area contributed by atoms with E-state index in [4.69, 9.17) is 14.2 Å². The second-order valence-corrected chi connectivity index (χ2v) is 6.81. The van der Waals surface area contributed by atoms with Gasteiger partial charge in [0.05, 0.1) is 38.7 Å². The molecule has 1 aliphatic rings. The van der Waals surface area contributed by atoms with Crippen LogP contribution in [0.2, 0.25) is 0 Å². The molecule has 1 aliphatic heterocycles. The van der Waals surface area contributed by atoms with Crippen LogP contribution in [0.5, 0.6) is 17.2 Å². The van der Waals surface area contributed by atoms with Gasteiger partial charge >= 0.3 is 0 Å². The maximum Gasteiger partial charge on any atom is 0.282 e. The molecular formula is C23H26N2O6. The molecule has 2 aromatic carbocycles. The van der Waals surface area contributed by atoms with Crippen molar-refractivity contribution >= 4 is 23.1 Å². The number of carbonyl (C=O) groups is 2. The van der Waals surface area contributed by atoms with Crippen molar-refractivity contribution in [3.63, 3.8) is 0 Å². The third-order valence-corrected chi connectivity index (χ3v) is 4.94. The number of aliphatic hydroxyl groups excluding tert-OH is 1. The molecule has 0 bridgehead atoms. The van der Waals surface area contributed by atoms with Gasteiger partial charge < -0.3 is 24.2 Å². The number of hydrogen-bond donors (Lipinski definition) is 1. The van der Waals surface area contributed by atoms with Crippen molar-refractivity contribution in [1.82, 2.24) is 4.90 Å². The van der Waals surface area contributed by atoms with Crippen molar-refractivity contribution in [1.29, 1.82) is 0 Å². The average molecular weight is 426 g/mol. The van der Waals surface area contributed by atoms with E-state index in [1.54, 1.807) is 54.4 Å². The molecule has 0 spiro atoms. The normalized spacial score (nSPS) is 13.6. The van der Waals surface area contributed by atoms with Gasteiger partial charge in [0.1, 0.15) is 11.4 Å². The molecule has 0 aromatic heterocycles. The van der Waals surface area contributed by atoms with Crippen molar-refractivity contribution in [2.75, 3.05) is 45.9 Å². The molecule has 3 rings (SSSR count). The van der Waals surface area contributed by atoms with Gasteiger partial charge in [-0.15, -0.1) is 0 Å². The van der Waals surface area contributed by atoms with E-state index in [9.17, 15) is 14.7 Å². The van der Waals surface area contributed by atoms with E-state index in [2.05, 4.69) is 0 Å². The summed E-state index contributed by atoms with van der Waals surface area (Å²) in [6, 6.07) is 11.9. The molecule has 2 amide bonds. The highest BCUT2D eigenvalue weighted by atomic mass is 16.5. The van der Waals surface area contributed by atoms with E-state index in [0.717, 1.165) is 4.90 Å². The lowest BCUT2D eigenvalue weighted by atomic mass is 10.0. The summed E-state index contributed by atoms with van der Waals surface area (Å²) in [5.41, 5.74) is 1.35. The summed E-state index contributed by atoms with van der Waals surface area (Å²) in [7, 11) is 4.69. The first-order chi connectivity index (χ1) is 15.0. The highest BCUT2D eigenvalue weighted by molar-refractivity contribution is 6.45. The summed E-state index contributed by atoms with van der Waals surface area (Å²) in [4.78, 5) is 29.6. The van der Waals surface area contributed by atoms with Crippen molar-refractivity contribution in [3.8, 4) is 17.2 Å². The Morgan fingerprint density at radius 3 is 2.39 bits per heavy atom. The highest BCUT2D eigenvalue weighted by Gasteiger charge is 2.42. The molecule has 0 aliphatic carbocycles. The molecule has 0 saturated heterocycles. The summed E-state index contributed by atoms with van der Waals surface area (Å²) in [5.74, 6) is 0.569. The van der Waals surface area contributed by atoms with Gasteiger partial charge in [-0.05, 0) is 36.8 Å². The largest absolute Gasteiger partial charge is 0.494 e. The van der Waals surface area contributed by atoms with Crippen molar-refractivity contribution in [3.05, 3.63) is 53.7 Å². The van der Waals surface area contributed by atoms with E-state index in [-0.39, 0.29) is 24.4 Å². The Morgan fingerprint density at radius 1 is 1.00 bits per heavy atom. The topological polar surface area (TPSA) is 88.5 Å². The minimum absolute atomic E-state index is 0.166. The number of amides is 2. The Hall–Kier alpha value is -3.52. The number of nitrogens with zero attached hydrogens (tertiary/aromatic N) is 2. The van der Waals surface area contributed by atoms with Crippen molar-refractivity contribution in [2.45, 2.75) is 6.92 Å². The minimum Gasteiger partial charge on any atom is -0.494 e. The predicted molar refractivity (Wildman–Crippen MR) is 116 cm³/mol. The monoisotopic (exact) mass is 426 g/mol. The first kappa shape index (κ1) is 22.2. The van der Waals surface area contributed by atoms with Gasteiger partial charge in [-0.3, -0.25) is 9.59 Å². The molecule has 1 N–H and O–H groups in total. The summed E-state index contributed by atoms with van der Waals surface area (Å²) in [6.07, 6.45) is 0. The molecule has 0 saturated carbocycles. The number of likely N-dealkylation sites (N-methyl/N-ethyl adjacent to an activating group) is 1. The second-order valence-electron chi connectivity index (χ2n) is 6.81. The van der Waals surface area contributed by atoms with Gasteiger partial charge in [0.2, 0.25) is 0 Å². The quantitative estimate of drug-likeness (QED) is 0.616. The Balaban J connectivity index is 2.13. The highest BCUT2D eigenvalue weighted by Crippen LogP contribution is 2.38. The van der Waals surface area contributed by atoms with Gasteiger partial charge in [-0.2, -0.15) is 0 Å². The summed E-state index contributed by atoms with van der Waals surface area (Å²) in [6.45, 7) is 2.35. The van der Waals surface area contributed by atoms with Crippen LogP contribution in [-0.4, -0.2) is 62.8 Å². The van der Waals surface area contributed by atoms with Gasteiger partial charge in [0.25, 0.3) is 11.8 Å². The van der Waals surface area contributed by atoms with E-state index in [0.29, 0.717) is 35.1 Å². The number of imide groups is 1. The van der Waals surface area contributed by atoms with Crippen molar-refractivity contribution in [2.24, 2.45) is 0 Å². The van der Waals surface area contributed by atoms with E-state index in [1.165, 1.54) is 14.2 Å². The SMILES string of the molecule is CCOc1cccc(N2C(=O)C(c3ccc(OC)c(OC)c3)=C(N(C)CCO)C2=O)c1. The van der Waals surface area contributed by atoms with Crippen LogP contribution >= 0.6 is 0 Å². The zero-order valence-corrected chi connectivity index (χ0v) is 18.0. The van der Waals surface area contributed by atoms with E-state index in [1.807, 2.05) is 6.92 Å². The zero-order valence-electron chi connectivity index (χ0n) is 18.0. The molecule has 164 valence electrons. The molecular weight excluding hydrogens is 400 g/mol. The maximum absolute atomic E-state index is 13.5. The first-order valence-corrected chi connectivity index (χ1v) is 9.87. The molecule has 0 unspecified atom stereocenters. The maximum atomic E-state index is 13.5. The Morgan fingerprint density at radius 2 is 1.74 bits per heavy atom. The van der Waals surface area contributed by atoms with Crippen LogP contribution < -0.4 is 19.1 Å². The van der Waals surface area contributed by atoms with Crippen LogP contribution in [-0.2, 0) is 9.59 Å². The predicted octanol–water partition coefficient (Wildman–Crippen LogP) is 2.31. The standard InChI is InChI=1S/C23H26N2O6/c1-5-31-17-8-6-7-16(14-17)25-22(27)20(21(23(25)28)24(2)11-12-26)15-9-10-18(29-3)19(13-15)30-4/h6-10,13-14,26H,5,11-12H2,1-4H3. The molecule has 0 atom stereocenters. The van der Waals surface area contributed by atoms with Gasteiger partial charge in [-0.25, -0.2) is 4.90 Å². The minimum atomic E-state index is -0.473. The number of anilines is 1. The molecule has 2 aromatic rings. The number of methoxy groups -OCH3 is 2. The summed E-state index contributed by atoms with van der Waals surface area (Å²) >= 11 is 0. The van der Waals surface area contributed by atoms with Gasteiger partial charge in [-0.1, -0.05) is 12.1 Å². The number of ether oxygens (including phenoxy) is 3. The van der Waals surface area contributed by atoms with Gasteiger partial charge in [0, 0.05) is 19.7 Å². The third-order valence-electron chi connectivity index (χ3n) is 4.94. The lowest BCUT2D eigenvalue weighted by Crippen LogP contribution is -2.34. The van der Waals surface area contributed by atoms with Crippen LogP contribution in [0, 0.1) is 0 Å². The molecule has 1 heterocycles. The number of rotatable bonds is 9. The molecule has 0 radical (unpaired) electrons. The van der Waals surface area contributed by atoms with Crippen LogP contribution in [0.3, 0.4) is 0 Å². The second kappa shape index (κ2) is 9.53. The smallest absolute Gasteiger partial charge is 0.282 e. The van der Waals surface area contributed by atoms with Crippen LogP contribution in [0.1, 0.15) is 12.5 Å². The Labute approximate surface area is 181 Å². The fourth-order valence-electron chi connectivity index (χ4n) is 3.50. The van der Waals surface area contributed by atoms with E-state index >= 15 is 0 Å². The molecule has 31 heavy (non-hydrogen) atoms. The van der Waals surface area contributed by atoms with Crippen LogP contribution in [0.15, 0.2) is 48.2 Å². The summed E-state index contributed by atoms with van der Waals surface area (Å²) < 4.78 is 16.2. The average Bonchev–Trinajstić information content (AvgIpc) is 3.03. The number of benzene rings is 2.